The van der Waals surface area contributed by atoms with E-state index in [4.69, 9.17) is 0 Å². The molecular weight excluding hydrogens is 232 g/mol. The molecule has 19 heavy (non-hydrogen) atoms. The molecule has 1 aliphatic heterocycles. The van der Waals surface area contributed by atoms with Gasteiger partial charge >= 0.3 is 0 Å². The molecule has 0 amide bonds. The van der Waals surface area contributed by atoms with E-state index in [2.05, 4.69) is 17.1 Å². The average Bonchev–Trinajstić information content (AvgIpc) is 2.96. The van der Waals surface area contributed by atoms with E-state index in [0.29, 0.717) is 0 Å². The van der Waals surface area contributed by atoms with Crippen LogP contribution in [0.2, 0.25) is 0 Å². The molecule has 2 bridgehead atoms. The van der Waals surface area contributed by atoms with Gasteiger partial charge in [0.15, 0.2) is 0 Å². The van der Waals surface area contributed by atoms with Crippen molar-refractivity contribution in [2.45, 2.75) is 76.8 Å². The summed E-state index contributed by atoms with van der Waals surface area (Å²) in [6, 6.07) is 1.77. The van der Waals surface area contributed by atoms with Crippen LogP contribution in [-0.2, 0) is 0 Å². The van der Waals surface area contributed by atoms with Crippen molar-refractivity contribution >= 4 is 0 Å². The number of rotatable bonds is 5. The topological polar surface area (TPSA) is 15.3 Å². The van der Waals surface area contributed by atoms with Crippen molar-refractivity contribution in [3.05, 3.63) is 0 Å². The average molecular weight is 264 g/mol. The Labute approximate surface area is 119 Å². The molecule has 0 aromatic heterocycles. The molecule has 2 saturated carbocycles. The summed E-state index contributed by atoms with van der Waals surface area (Å²) in [4.78, 5) is 2.85. The van der Waals surface area contributed by atoms with E-state index in [0.717, 1.165) is 23.9 Å². The minimum atomic E-state index is 0.807. The molecule has 3 rings (SSSR count). The van der Waals surface area contributed by atoms with Crippen molar-refractivity contribution < 1.29 is 0 Å². The van der Waals surface area contributed by atoms with Crippen molar-refractivity contribution in [2.75, 3.05) is 19.6 Å². The number of fused-ring (bicyclic) bond motifs is 2. The third kappa shape index (κ3) is 3.33. The van der Waals surface area contributed by atoms with Crippen LogP contribution in [0, 0.1) is 11.8 Å². The molecule has 1 heterocycles. The van der Waals surface area contributed by atoms with Crippen LogP contribution in [0.25, 0.3) is 0 Å². The highest BCUT2D eigenvalue weighted by Gasteiger charge is 2.39. The van der Waals surface area contributed by atoms with Crippen LogP contribution in [-0.4, -0.2) is 36.6 Å². The second-order valence-electron chi connectivity index (χ2n) is 7.25. The zero-order valence-corrected chi connectivity index (χ0v) is 12.7. The normalized spacial score (nSPS) is 39.6. The van der Waals surface area contributed by atoms with E-state index in [9.17, 15) is 0 Å². The smallest absolute Gasteiger partial charge is 0.0107 e. The molecule has 2 aliphatic carbocycles. The summed E-state index contributed by atoms with van der Waals surface area (Å²) in [6.45, 7) is 6.32. The zero-order valence-electron chi connectivity index (χ0n) is 12.7. The summed E-state index contributed by atoms with van der Waals surface area (Å²) in [6.07, 6.45) is 13.1. The van der Waals surface area contributed by atoms with Crippen LogP contribution in [0.5, 0.6) is 0 Å². The summed E-state index contributed by atoms with van der Waals surface area (Å²) in [7, 11) is 0. The number of hydrogen-bond acceptors (Lipinski definition) is 2. The molecule has 0 radical (unpaired) electrons. The van der Waals surface area contributed by atoms with Gasteiger partial charge in [-0.15, -0.1) is 0 Å². The molecule has 0 aromatic rings. The lowest BCUT2D eigenvalue weighted by Gasteiger charge is -2.34. The Kier molecular flexibility index (Phi) is 4.81. The molecule has 4 atom stereocenters. The highest BCUT2D eigenvalue weighted by molar-refractivity contribution is 4.94. The van der Waals surface area contributed by atoms with Crippen LogP contribution >= 0.6 is 0 Å². The first-order valence-corrected chi connectivity index (χ1v) is 8.84. The first-order chi connectivity index (χ1) is 9.36. The molecule has 2 heteroatoms. The Hall–Kier alpha value is -0.0800. The quantitative estimate of drug-likeness (QED) is 0.766. The Balaban J connectivity index is 1.56. The van der Waals surface area contributed by atoms with Crippen molar-refractivity contribution in [1.29, 1.82) is 0 Å². The van der Waals surface area contributed by atoms with E-state index in [1.165, 1.54) is 77.4 Å². The third-order valence-corrected chi connectivity index (χ3v) is 5.81. The second-order valence-corrected chi connectivity index (χ2v) is 7.25. The van der Waals surface area contributed by atoms with Crippen LogP contribution in [0.15, 0.2) is 0 Å². The molecule has 3 fully saturated rings. The summed E-state index contributed by atoms with van der Waals surface area (Å²) >= 11 is 0. The molecule has 4 unspecified atom stereocenters. The van der Waals surface area contributed by atoms with Crippen LogP contribution in [0.1, 0.15) is 64.7 Å². The van der Waals surface area contributed by atoms with Crippen molar-refractivity contribution in [2.24, 2.45) is 11.8 Å². The Morgan fingerprint density at radius 3 is 2.68 bits per heavy atom. The summed E-state index contributed by atoms with van der Waals surface area (Å²) in [5.74, 6) is 1.98. The molecular formula is C17H32N2. The third-order valence-electron chi connectivity index (χ3n) is 5.81. The van der Waals surface area contributed by atoms with Gasteiger partial charge in [-0.1, -0.05) is 26.2 Å². The van der Waals surface area contributed by atoms with Gasteiger partial charge in [0, 0.05) is 25.2 Å². The second kappa shape index (κ2) is 6.58. The molecule has 110 valence electrons. The number of nitrogens with zero attached hydrogens (tertiary/aromatic N) is 1. The lowest BCUT2D eigenvalue weighted by Crippen LogP contribution is -2.44. The Morgan fingerprint density at radius 1 is 1.05 bits per heavy atom. The van der Waals surface area contributed by atoms with E-state index < -0.39 is 0 Å². The number of piperidine rings is 1. The van der Waals surface area contributed by atoms with Gasteiger partial charge in [0.1, 0.15) is 0 Å². The maximum Gasteiger partial charge on any atom is 0.0107 e. The summed E-state index contributed by atoms with van der Waals surface area (Å²) in [5, 5.41) is 3.85. The summed E-state index contributed by atoms with van der Waals surface area (Å²) in [5.41, 5.74) is 0. The monoisotopic (exact) mass is 264 g/mol. The van der Waals surface area contributed by atoms with Crippen LogP contribution in [0.4, 0.5) is 0 Å². The first kappa shape index (κ1) is 13.9. The lowest BCUT2D eigenvalue weighted by molar-refractivity contribution is 0.157. The van der Waals surface area contributed by atoms with E-state index in [1.54, 1.807) is 0 Å². The minimum absolute atomic E-state index is 0.807. The van der Waals surface area contributed by atoms with Crippen LogP contribution in [0.3, 0.4) is 0 Å². The van der Waals surface area contributed by atoms with Gasteiger partial charge < -0.3 is 5.32 Å². The van der Waals surface area contributed by atoms with Gasteiger partial charge in [-0.3, -0.25) is 4.90 Å². The maximum atomic E-state index is 3.85. The SMILES string of the molecule is CCCNC1CCCCCC1CN1CC2CCC1C2. The minimum Gasteiger partial charge on any atom is -0.314 e. The number of nitrogens with one attached hydrogen (secondary N) is 1. The molecule has 1 N–H and O–H groups in total. The fraction of sp³-hybridized carbons (Fsp3) is 1.00. The fourth-order valence-electron chi connectivity index (χ4n) is 4.75. The van der Waals surface area contributed by atoms with E-state index in [1.807, 2.05) is 0 Å². The first-order valence-electron chi connectivity index (χ1n) is 8.84. The summed E-state index contributed by atoms with van der Waals surface area (Å²) < 4.78 is 0. The molecule has 2 nitrogen and oxygen atoms in total. The number of likely N-dealkylation sites (tertiary alicyclic amines) is 1. The number of hydrogen-bond donors (Lipinski definition) is 1. The van der Waals surface area contributed by atoms with Gasteiger partial charge in [-0.2, -0.15) is 0 Å². The lowest BCUT2D eigenvalue weighted by atomic mass is 9.93. The largest absolute Gasteiger partial charge is 0.314 e. The zero-order chi connectivity index (χ0) is 13.1. The van der Waals surface area contributed by atoms with Crippen molar-refractivity contribution in [3.8, 4) is 0 Å². The van der Waals surface area contributed by atoms with E-state index >= 15 is 0 Å². The molecule has 0 aromatic carbocycles. The predicted octanol–water partition coefficient (Wildman–Crippen LogP) is 3.42. The van der Waals surface area contributed by atoms with Gasteiger partial charge in [0.25, 0.3) is 0 Å². The maximum absolute atomic E-state index is 3.85. The predicted molar refractivity (Wildman–Crippen MR) is 81.4 cm³/mol. The van der Waals surface area contributed by atoms with Crippen molar-refractivity contribution in [1.82, 2.24) is 10.2 Å². The van der Waals surface area contributed by atoms with Gasteiger partial charge in [-0.25, -0.2) is 0 Å². The van der Waals surface area contributed by atoms with Crippen LogP contribution < -0.4 is 5.32 Å². The van der Waals surface area contributed by atoms with E-state index in [-0.39, 0.29) is 0 Å². The fourth-order valence-corrected chi connectivity index (χ4v) is 4.75. The highest BCUT2D eigenvalue weighted by Crippen LogP contribution is 2.38. The molecule has 0 spiro atoms. The highest BCUT2D eigenvalue weighted by atomic mass is 15.2. The van der Waals surface area contributed by atoms with Gasteiger partial charge in [0.05, 0.1) is 0 Å². The van der Waals surface area contributed by atoms with Crippen molar-refractivity contribution in [3.63, 3.8) is 0 Å². The standard InChI is InChI=1S/C17H32N2/c1-2-10-18-17-7-5-3-4-6-15(17)13-19-12-14-8-9-16(19)11-14/h14-18H,2-13H2,1H3. The Morgan fingerprint density at radius 2 is 1.95 bits per heavy atom. The molecule has 3 aliphatic rings. The van der Waals surface area contributed by atoms with Gasteiger partial charge in [0.2, 0.25) is 0 Å². The molecule has 1 saturated heterocycles. The van der Waals surface area contributed by atoms with Gasteiger partial charge in [-0.05, 0) is 56.9 Å². The Bertz CT molecular complexity index is 278.